The smallest absolute Gasteiger partial charge is 0.336 e. The molecule has 0 radical (unpaired) electrons. The molecule has 0 unspecified atom stereocenters. The van der Waals surface area contributed by atoms with Crippen molar-refractivity contribution >= 4 is 5.97 Å². The number of allylic oxidation sites excluding steroid dienone is 1. The summed E-state index contributed by atoms with van der Waals surface area (Å²) in [5, 5.41) is 125. The van der Waals surface area contributed by atoms with Crippen LogP contribution in [-0.2, 0) is 38.0 Å². The summed E-state index contributed by atoms with van der Waals surface area (Å²) in [7, 11) is 0. The summed E-state index contributed by atoms with van der Waals surface area (Å²) in [6.07, 6.45) is -16.3. The lowest BCUT2D eigenvalue weighted by Crippen LogP contribution is -2.62. The molecule has 376 valence electrons. The molecule has 0 amide bonds. The van der Waals surface area contributed by atoms with Gasteiger partial charge in [0.25, 0.3) is 0 Å². The van der Waals surface area contributed by atoms with Crippen molar-refractivity contribution in [2.45, 2.75) is 189 Å². The number of carbonyl (C=O) groups is 1. The van der Waals surface area contributed by atoms with Crippen molar-refractivity contribution in [3.05, 3.63) is 22.8 Å². The van der Waals surface area contributed by atoms with E-state index in [0.717, 1.165) is 43.3 Å². The minimum absolute atomic E-state index is 0.0347. The lowest BCUT2D eigenvalue weighted by atomic mass is 9.46. The lowest BCUT2D eigenvalue weighted by molar-refractivity contribution is -0.337. The fourth-order valence-corrected chi connectivity index (χ4v) is 13.4. The van der Waals surface area contributed by atoms with Crippen LogP contribution in [0.1, 0.15) is 79.1 Å². The van der Waals surface area contributed by atoms with Gasteiger partial charge in [0.2, 0.25) is 0 Å². The molecule has 3 saturated carbocycles. The fourth-order valence-electron chi connectivity index (χ4n) is 13.4. The molecule has 0 aromatic rings. The molecule has 0 spiro atoms. The number of fused-ring (bicyclic) bond motifs is 5. The van der Waals surface area contributed by atoms with Crippen molar-refractivity contribution in [1.29, 1.82) is 0 Å². The zero-order valence-corrected chi connectivity index (χ0v) is 38.0. The average molecular weight is 945 g/mol. The topological polar surface area (TPSA) is 324 Å². The van der Waals surface area contributed by atoms with Crippen LogP contribution in [0.4, 0.5) is 0 Å². The molecule has 8 aliphatic rings. The second kappa shape index (κ2) is 19.8. The highest BCUT2D eigenvalue weighted by atomic mass is 16.7. The molecule has 8 rings (SSSR count). The maximum atomic E-state index is 13.5. The summed E-state index contributed by atoms with van der Waals surface area (Å²) in [5.41, 5.74) is 1.58. The van der Waals surface area contributed by atoms with E-state index in [4.69, 9.17) is 33.2 Å². The van der Waals surface area contributed by atoms with Crippen LogP contribution in [0, 0.1) is 40.4 Å². The Kier molecular flexibility index (Phi) is 15.2. The molecule has 0 aromatic carbocycles. The number of aliphatic hydroxyl groups is 12. The fraction of sp³-hybridized carbons (Fsp3) is 0.891. The number of rotatable bonds is 12. The number of ether oxygens (including phenoxy) is 7. The maximum Gasteiger partial charge on any atom is 0.336 e. The van der Waals surface area contributed by atoms with Crippen molar-refractivity contribution in [2.75, 3.05) is 26.4 Å². The Morgan fingerprint density at radius 1 is 0.712 bits per heavy atom. The van der Waals surface area contributed by atoms with Gasteiger partial charge >= 0.3 is 5.97 Å². The summed E-state index contributed by atoms with van der Waals surface area (Å²) in [6, 6.07) is 0. The first kappa shape index (κ1) is 50.6. The normalized spacial score (nSPS) is 51.3. The molecule has 20 nitrogen and oxygen atoms in total. The predicted octanol–water partition coefficient (Wildman–Crippen LogP) is -2.37. The third-order valence-corrected chi connectivity index (χ3v) is 17.5. The Balaban J connectivity index is 0.883. The van der Waals surface area contributed by atoms with Gasteiger partial charge in [-0.05, 0) is 80.5 Å². The van der Waals surface area contributed by atoms with E-state index in [-0.39, 0.29) is 42.3 Å². The molecule has 4 aliphatic carbocycles. The van der Waals surface area contributed by atoms with Crippen LogP contribution < -0.4 is 0 Å². The van der Waals surface area contributed by atoms with E-state index in [1.807, 2.05) is 6.92 Å². The highest BCUT2D eigenvalue weighted by molar-refractivity contribution is 5.90. The summed E-state index contributed by atoms with van der Waals surface area (Å²) in [5.74, 6) is 0.681. The van der Waals surface area contributed by atoms with Gasteiger partial charge in [-0.2, -0.15) is 0 Å². The van der Waals surface area contributed by atoms with E-state index < -0.39 is 136 Å². The van der Waals surface area contributed by atoms with Gasteiger partial charge in [0.1, 0.15) is 79.4 Å². The molecule has 25 atom stereocenters. The van der Waals surface area contributed by atoms with Crippen LogP contribution in [-0.4, -0.2) is 204 Å². The van der Waals surface area contributed by atoms with Crippen molar-refractivity contribution in [1.82, 2.24) is 0 Å². The summed E-state index contributed by atoms with van der Waals surface area (Å²) in [6.45, 7) is 6.54. The van der Waals surface area contributed by atoms with Crippen LogP contribution in [0.5, 0.6) is 0 Å². The van der Waals surface area contributed by atoms with Gasteiger partial charge in [0.05, 0.1) is 44.2 Å². The molecule has 6 fully saturated rings. The van der Waals surface area contributed by atoms with Gasteiger partial charge in [-0.3, -0.25) is 0 Å². The Bertz CT molecular complexity index is 1780. The Morgan fingerprint density at radius 3 is 1.89 bits per heavy atom. The number of carbonyl (C=O) groups excluding carboxylic acids is 1. The largest absolute Gasteiger partial charge is 0.458 e. The zero-order valence-electron chi connectivity index (χ0n) is 38.0. The molecule has 4 heterocycles. The van der Waals surface area contributed by atoms with E-state index in [9.17, 15) is 66.1 Å². The maximum absolute atomic E-state index is 13.5. The third-order valence-electron chi connectivity index (χ3n) is 17.5. The first-order valence-electron chi connectivity index (χ1n) is 23.7. The zero-order chi connectivity index (χ0) is 47.7. The van der Waals surface area contributed by atoms with Gasteiger partial charge in [0.15, 0.2) is 18.9 Å². The van der Waals surface area contributed by atoms with E-state index in [2.05, 4.69) is 26.8 Å². The van der Waals surface area contributed by atoms with Crippen molar-refractivity contribution in [3.8, 4) is 0 Å². The second-order valence-corrected chi connectivity index (χ2v) is 20.9. The summed E-state index contributed by atoms with van der Waals surface area (Å²) in [4.78, 5) is 13.5. The highest BCUT2D eigenvalue weighted by Crippen LogP contribution is 2.67. The number of hydrogen-bond donors (Lipinski definition) is 12. The average Bonchev–Trinajstić information content (AvgIpc) is 3.65. The van der Waals surface area contributed by atoms with Gasteiger partial charge in [0, 0.05) is 18.3 Å². The van der Waals surface area contributed by atoms with E-state index in [1.165, 1.54) is 0 Å². The molecular formula is C46H72O20. The summed E-state index contributed by atoms with van der Waals surface area (Å²) >= 11 is 0. The molecule has 3 saturated heterocycles. The Labute approximate surface area is 383 Å². The molecule has 12 N–H and O–H groups in total. The number of aliphatic hydroxyl groups excluding tert-OH is 12. The quantitative estimate of drug-likeness (QED) is 0.0719. The minimum atomic E-state index is -1.70. The van der Waals surface area contributed by atoms with Crippen LogP contribution >= 0.6 is 0 Å². The van der Waals surface area contributed by atoms with Crippen molar-refractivity contribution in [3.63, 3.8) is 0 Å². The predicted molar refractivity (Wildman–Crippen MR) is 224 cm³/mol. The standard InChI is InChI=1S/C46H72O20/c1-18-11-27(63-41(59)23(18)16-60-42-38(56)35(53)32(50)28(14-47)64-42)19(2)24-7-8-25-22-6-5-20-12-21(13-31(49)46(20,4)26(22)9-10-45(24,25)3)62-44-40(58)37(55)34(52)30(66-44)17-61-43-39(57)36(54)33(51)29(15-48)65-43/h5,19,21-22,24-40,42-44,47-58H,6-17H2,1-4H3/t19-,21+,22-,24+,25-,26-,27+,28+,29+,30+,31-,32+,33+,34+,35-,36-,37-,38+,39+,40+,42+,43+,44+,45+,46-/m0/s1. The van der Waals surface area contributed by atoms with Gasteiger partial charge in [-0.25, -0.2) is 4.79 Å². The van der Waals surface area contributed by atoms with Gasteiger partial charge < -0.3 is 94.4 Å². The molecule has 0 bridgehead atoms. The monoisotopic (exact) mass is 944 g/mol. The molecule has 4 aliphatic heterocycles. The van der Waals surface area contributed by atoms with Crippen LogP contribution in [0.15, 0.2) is 22.8 Å². The van der Waals surface area contributed by atoms with Gasteiger partial charge in [-0.1, -0.05) is 38.0 Å². The molecule has 0 aromatic heterocycles. The Morgan fingerprint density at radius 2 is 1.29 bits per heavy atom. The van der Waals surface area contributed by atoms with Crippen molar-refractivity contribution < 1.29 is 99.2 Å². The first-order valence-corrected chi connectivity index (χ1v) is 23.7. The van der Waals surface area contributed by atoms with Crippen LogP contribution in [0.25, 0.3) is 0 Å². The minimum Gasteiger partial charge on any atom is -0.458 e. The van der Waals surface area contributed by atoms with E-state index in [1.54, 1.807) is 0 Å². The van der Waals surface area contributed by atoms with E-state index >= 15 is 0 Å². The van der Waals surface area contributed by atoms with Crippen molar-refractivity contribution in [2.24, 2.45) is 40.4 Å². The van der Waals surface area contributed by atoms with Crippen LogP contribution in [0.3, 0.4) is 0 Å². The molecule has 20 heteroatoms. The number of cyclic esters (lactones) is 1. The molecular weight excluding hydrogens is 872 g/mol. The molecule has 66 heavy (non-hydrogen) atoms. The summed E-state index contributed by atoms with van der Waals surface area (Å²) < 4.78 is 40.4. The third kappa shape index (κ3) is 8.86. The Hall–Kier alpha value is -1.77. The highest BCUT2D eigenvalue weighted by Gasteiger charge is 2.62. The first-order chi connectivity index (χ1) is 31.2. The van der Waals surface area contributed by atoms with Gasteiger partial charge in [-0.15, -0.1) is 0 Å². The number of hydrogen-bond acceptors (Lipinski definition) is 20. The number of esters is 1. The van der Waals surface area contributed by atoms with E-state index in [0.29, 0.717) is 30.3 Å². The second-order valence-electron chi connectivity index (χ2n) is 20.9. The lowest BCUT2D eigenvalue weighted by Gasteiger charge is -2.60. The SMILES string of the molecule is CC1=C(CO[C@@H]2O[C@H](CO)[C@@H](O)[C@H](O)[C@H]2O)C(=O)O[C@@H]([C@@H](C)[C@H]2CC[C@H]3[C@@H]4CC=C5C[C@@H](O[C@@H]6O[C@H](CO[C@@H]7O[C@H](CO)[C@@H](O)[C@H](O)[C@H]7O)[C@@H](O)[C@H](O)[C@H]6O)C[C@H](O)[C@]5(C)[C@H]4CC[C@]23C)C1. The van der Waals surface area contributed by atoms with Crippen LogP contribution in [0.2, 0.25) is 0 Å².